The van der Waals surface area contributed by atoms with Crippen LogP contribution in [0.15, 0.2) is 60.9 Å². The summed E-state index contributed by atoms with van der Waals surface area (Å²) in [4.78, 5) is 60.0. The van der Waals surface area contributed by atoms with Gasteiger partial charge in [0.15, 0.2) is 5.78 Å². The van der Waals surface area contributed by atoms with Gasteiger partial charge in [-0.15, -0.1) is 0 Å². The number of benzene rings is 2. The predicted molar refractivity (Wildman–Crippen MR) is 209 cm³/mol. The van der Waals surface area contributed by atoms with Gasteiger partial charge in [0.1, 0.15) is 28.9 Å². The standard InChI is InChI=1S/C42H50N4O10/c1-25-27(17-37(47)34-18-39(54-6)30(21-43-34)22-45-36(24-52-4)42(50)56-8)11-9-12-31(25)32-13-10-14-33(26(32)2)46-40(48)35-19-38(53-5)28(20-44-35)15-16-29(23-51-3)41(49)55-7/h9-14,18-21,29,36,45H,15-17,22-24H2,1-8H3,(H,46,48)/t29-,36-/m0/s1. The minimum absolute atomic E-state index is 0.0976. The molecule has 2 atom stereocenters. The maximum absolute atomic E-state index is 13.6. The van der Waals surface area contributed by atoms with Gasteiger partial charge in [-0.1, -0.05) is 30.3 Å². The van der Waals surface area contributed by atoms with Gasteiger partial charge in [0.25, 0.3) is 5.91 Å². The van der Waals surface area contributed by atoms with Crippen molar-refractivity contribution in [1.82, 2.24) is 15.3 Å². The van der Waals surface area contributed by atoms with Crippen molar-refractivity contribution in [2.45, 2.75) is 45.7 Å². The maximum atomic E-state index is 13.6. The summed E-state index contributed by atoms with van der Waals surface area (Å²) in [6.45, 7) is 4.47. The number of hydrogen-bond acceptors (Lipinski definition) is 13. The molecule has 0 bridgehead atoms. The van der Waals surface area contributed by atoms with E-state index in [4.69, 9.17) is 28.4 Å². The van der Waals surface area contributed by atoms with Gasteiger partial charge in [0.2, 0.25) is 0 Å². The molecule has 0 aliphatic heterocycles. The van der Waals surface area contributed by atoms with Gasteiger partial charge in [0.05, 0.1) is 47.6 Å². The van der Waals surface area contributed by atoms with Crippen molar-refractivity contribution in [1.29, 1.82) is 0 Å². The number of nitrogens with zero attached hydrogens (tertiary/aromatic N) is 2. The molecule has 0 unspecified atom stereocenters. The Kier molecular flexibility index (Phi) is 16.0. The third-order valence-electron chi connectivity index (χ3n) is 9.54. The van der Waals surface area contributed by atoms with Gasteiger partial charge in [-0.3, -0.25) is 34.5 Å². The third-order valence-corrected chi connectivity index (χ3v) is 9.54. The summed E-state index contributed by atoms with van der Waals surface area (Å²) in [7, 11) is 8.69. The first kappa shape index (κ1) is 43.0. The van der Waals surface area contributed by atoms with E-state index in [2.05, 4.69) is 20.6 Å². The molecule has 4 rings (SSSR count). The number of Topliss-reactive ketones (excluding diaryl/α,β-unsaturated/α-hetero) is 1. The number of methoxy groups -OCH3 is 6. The monoisotopic (exact) mass is 770 g/mol. The highest BCUT2D eigenvalue weighted by atomic mass is 16.5. The summed E-state index contributed by atoms with van der Waals surface area (Å²) in [5.41, 5.74) is 6.78. The van der Waals surface area contributed by atoms with Crippen LogP contribution >= 0.6 is 0 Å². The van der Waals surface area contributed by atoms with Gasteiger partial charge in [-0.2, -0.15) is 0 Å². The Morgan fingerprint density at radius 1 is 0.696 bits per heavy atom. The number of ether oxygens (including phenoxy) is 6. The average Bonchev–Trinajstić information content (AvgIpc) is 3.21. The number of pyridine rings is 2. The molecule has 0 aliphatic carbocycles. The van der Waals surface area contributed by atoms with Crippen LogP contribution in [0.3, 0.4) is 0 Å². The third kappa shape index (κ3) is 10.7. The fourth-order valence-corrected chi connectivity index (χ4v) is 6.31. The zero-order valence-electron chi connectivity index (χ0n) is 33.1. The molecule has 2 aromatic heterocycles. The SMILES string of the molecule is COC[C@H](CCc1cnc(C(=O)Nc2cccc(-c3cccc(CC(=O)c4cc(OC)c(CN[C@@H](COC)C(=O)OC)cn4)c3C)c2C)cc1OC)C(=O)OC. The molecule has 56 heavy (non-hydrogen) atoms. The number of amides is 1. The van der Waals surface area contributed by atoms with Crippen LogP contribution in [0.4, 0.5) is 5.69 Å². The summed E-state index contributed by atoms with van der Waals surface area (Å²) in [5.74, 6) is -0.939. The average molecular weight is 771 g/mol. The lowest BCUT2D eigenvalue weighted by atomic mass is 9.91. The summed E-state index contributed by atoms with van der Waals surface area (Å²) in [6.07, 6.45) is 4.16. The van der Waals surface area contributed by atoms with E-state index < -0.39 is 23.8 Å². The van der Waals surface area contributed by atoms with Crippen LogP contribution in [-0.4, -0.2) is 95.5 Å². The number of nitrogens with one attached hydrogen (secondary N) is 2. The minimum atomic E-state index is -0.682. The fraction of sp³-hybridized carbons (Fsp3) is 0.381. The highest BCUT2D eigenvalue weighted by molar-refractivity contribution is 6.04. The topological polar surface area (TPSA) is 173 Å². The molecule has 0 spiro atoms. The van der Waals surface area contributed by atoms with E-state index in [1.54, 1.807) is 24.5 Å². The molecular formula is C42H50N4O10. The van der Waals surface area contributed by atoms with E-state index in [9.17, 15) is 19.2 Å². The second-order valence-electron chi connectivity index (χ2n) is 13.0. The Hall–Kier alpha value is -5.70. The molecule has 1 amide bonds. The van der Waals surface area contributed by atoms with Crippen molar-refractivity contribution < 1.29 is 47.6 Å². The van der Waals surface area contributed by atoms with E-state index in [0.717, 1.165) is 33.4 Å². The summed E-state index contributed by atoms with van der Waals surface area (Å²) in [6, 6.07) is 13.9. The number of rotatable bonds is 20. The predicted octanol–water partition coefficient (Wildman–Crippen LogP) is 5.10. The van der Waals surface area contributed by atoms with Gasteiger partial charge in [-0.25, -0.2) is 0 Å². The van der Waals surface area contributed by atoms with Gasteiger partial charge in [-0.05, 0) is 60.6 Å². The zero-order valence-corrected chi connectivity index (χ0v) is 33.1. The number of esters is 2. The fourth-order valence-electron chi connectivity index (χ4n) is 6.31. The van der Waals surface area contributed by atoms with Crippen LogP contribution < -0.4 is 20.1 Å². The number of aromatic nitrogens is 2. The molecule has 0 fully saturated rings. The quantitative estimate of drug-likeness (QED) is 0.0899. The molecule has 2 N–H and O–H groups in total. The first-order chi connectivity index (χ1) is 27.0. The Bertz CT molecular complexity index is 1870. The number of hydrogen-bond donors (Lipinski definition) is 2. The Morgan fingerprint density at radius 2 is 1.30 bits per heavy atom. The van der Waals surface area contributed by atoms with E-state index in [0.29, 0.717) is 35.6 Å². The number of ketones is 1. The molecule has 2 aromatic carbocycles. The van der Waals surface area contributed by atoms with Gasteiger partial charge < -0.3 is 33.7 Å². The normalized spacial score (nSPS) is 12.0. The van der Waals surface area contributed by atoms with Crippen LogP contribution in [0.5, 0.6) is 11.5 Å². The molecule has 14 heteroatoms. The van der Waals surface area contributed by atoms with Crippen LogP contribution in [0.2, 0.25) is 0 Å². The number of carbonyl (C=O) groups is 4. The summed E-state index contributed by atoms with van der Waals surface area (Å²) >= 11 is 0. The largest absolute Gasteiger partial charge is 0.496 e. The molecule has 0 radical (unpaired) electrons. The van der Waals surface area contributed by atoms with Crippen molar-refractivity contribution in [3.63, 3.8) is 0 Å². The molecule has 4 aromatic rings. The lowest BCUT2D eigenvalue weighted by Gasteiger charge is -2.17. The zero-order chi connectivity index (χ0) is 40.8. The van der Waals surface area contributed by atoms with Crippen LogP contribution in [0, 0.1) is 19.8 Å². The second kappa shape index (κ2) is 20.8. The Morgan fingerprint density at radius 3 is 1.96 bits per heavy atom. The Balaban J connectivity index is 1.49. The highest BCUT2D eigenvalue weighted by Crippen LogP contribution is 2.33. The molecule has 2 heterocycles. The van der Waals surface area contributed by atoms with E-state index in [-0.39, 0.29) is 49.3 Å². The van der Waals surface area contributed by atoms with Crippen molar-refractivity contribution >= 4 is 29.3 Å². The van der Waals surface area contributed by atoms with Gasteiger partial charge >= 0.3 is 11.9 Å². The second-order valence-corrected chi connectivity index (χ2v) is 13.0. The van der Waals surface area contributed by atoms with Crippen molar-refractivity contribution in [3.05, 3.63) is 100 Å². The van der Waals surface area contributed by atoms with Crippen LogP contribution in [0.25, 0.3) is 11.1 Å². The van der Waals surface area contributed by atoms with Crippen LogP contribution in [0.1, 0.15) is 55.2 Å². The molecule has 0 saturated carbocycles. The van der Waals surface area contributed by atoms with Gasteiger partial charge in [0, 0.05) is 68.5 Å². The van der Waals surface area contributed by atoms with E-state index in [1.807, 2.05) is 50.2 Å². The number of aryl methyl sites for hydroxylation is 1. The smallest absolute Gasteiger partial charge is 0.325 e. The lowest BCUT2D eigenvalue weighted by molar-refractivity contribution is -0.147. The van der Waals surface area contributed by atoms with Crippen molar-refractivity contribution in [3.8, 4) is 22.6 Å². The molecule has 14 nitrogen and oxygen atoms in total. The minimum Gasteiger partial charge on any atom is -0.496 e. The molecular weight excluding hydrogens is 720 g/mol. The molecule has 298 valence electrons. The van der Waals surface area contributed by atoms with Crippen molar-refractivity contribution in [2.75, 3.05) is 61.2 Å². The number of anilines is 1. The highest BCUT2D eigenvalue weighted by Gasteiger charge is 2.23. The Labute approximate surface area is 327 Å². The molecule has 0 aliphatic rings. The van der Waals surface area contributed by atoms with Crippen LogP contribution in [-0.2, 0) is 47.9 Å². The van der Waals surface area contributed by atoms with E-state index >= 15 is 0 Å². The lowest BCUT2D eigenvalue weighted by Crippen LogP contribution is -2.40. The first-order valence-corrected chi connectivity index (χ1v) is 18.0. The first-order valence-electron chi connectivity index (χ1n) is 18.0. The number of carbonyl (C=O) groups excluding carboxylic acids is 4. The summed E-state index contributed by atoms with van der Waals surface area (Å²) in [5, 5.41) is 6.06. The summed E-state index contributed by atoms with van der Waals surface area (Å²) < 4.78 is 31.1. The van der Waals surface area contributed by atoms with Crippen molar-refractivity contribution in [2.24, 2.45) is 5.92 Å². The van der Waals surface area contributed by atoms with E-state index in [1.165, 1.54) is 42.7 Å². The maximum Gasteiger partial charge on any atom is 0.325 e. The molecule has 0 saturated heterocycles.